The van der Waals surface area contributed by atoms with E-state index >= 15 is 0 Å². The van der Waals surface area contributed by atoms with Gasteiger partial charge >= 0.3 is 19.5 Å². The Bertz CT molecular complexity index is 1390. The van der Waals surface area contributed by atoms with Crippen LogP contribution >= 0.6 is 0 Å². The molecule has 15 heteroatoms. The van der Waals surface area contributed by atoms with Crippen molar-refractivity contribution >= 4 is 24.6 Å². The summed E-state index contributed by atoms with van der Waals surface area (Å²) in [5, 5.41) is 30.2. The normalized spacial score (nSPS) is 25.4. The lowest BCUT2D eigenvalue weighted by Gasteiger charge is -2.41. The van der Waals surface area contributed by atoms with Crippen molar-refractivity contribution < 1.29 is 60.2 Å². The van der Waals surface area contributed by atoms with Gasteiger partial charge in [0, 0.05) is 0 Å². The van der Waals surface area contributed by atoms with Crippen LogP contribution in [0, 0.1) is 23.6 Å². The van der Waals surface area contributed by atoms with Crippen LogP contribution in [0.15, 0.2) is 47.4 Å². The average Bonchev–Trinajstić information content (AvgIpc) is 3.13. The number of aromatic hydroxyl groups is 1. The number of anilines is 1. The van der Waals surface area contributed by atoms with E-state index in [4.69, 9.17) is 4.65 Å². The molecule has 212 valence electrons. The van der Waals surface area contributed by atoms with Gasteiger partial charge in [-0.3, -0.25) is 9.59 Å². The molecule has 0 aromatic heterocycles. The molecule has 3 aliphatic rings. The highest BCUT2D eigenvalue weighted by Gasteiger charge is 2.58. The fourth-order valence-corrected chi connectivity index (χ4v) is 5.82. The zero-order valence-electron chi connectivity index (χ0n) is 20.1. The molecule has 2 aromatic rings. The number of alkyl halides is 6. The van der Waals surface area contributed by atoms with Crippen molar-refractivity contribution in [2.24, 2.45) is 17.8 Å². The summed E-state index contributed by atoms with van der Waals surface area (Å²) in [6, 6.07) is 3.71. The Morgan fingerprint density at radius 1 is 0.950 bits per heavy atom. The molecule has 7 nitrogen and oxygen atoms in total. The molecule has 0 bridgehead atoms. The van der Waals surface area contributed by atoms with Gasteiger partial charge in [-0.2, -0.15) is 26.3 Å². The van der Waals surface area contributed by atoms with E-state index < -0.39 is 90.1 Å². The molecule has 2 heterocycles. The summed E-state index contributed by atoms with van der Waals surface area (Å²) in [5.41, 5.74) is -3.97. The van der Waals surface area contributed by atoms with Crippen LogP contribution in [-0.2, 0) is 26.6 Å². The largest absolute Gasteiger partial charge is 0.505 e. The molecule has 0 saturated carbocycles. The average molecular weight is 573 g/mol. The number of benzene rings is 2. The molecule has 2 aromatic carbocycles. The van der Waals surface area contributed by atoms with Crippen molar-refractivity contribution in [1.29, 1.82) is 0 Å². The first-order valence-electron chi connectivity index (χ1n) is 11.9. The van der Waals surface area contributed by atoms with Crippen LogP contribution in [-0.4, -0.2) is 40.8 Å². The molecule has 2 fully saturated rings. The highest BCUT2D eigenvalue weighted by molar-refractivity contribution is 6.53. The van der Waals surface area contributed by atoms with Gasteiger partial charge in [-0.25, -0.2) is 9.29 Å². The number of carbonyl (C=O) groups excluding carboxylic acids is 2. The Hall–Kier alpha value is -3.43. The highest BCUT2D eigenvalue weighted by Crippen LogP contribution is 2.52. The Kier molecular flexibility index (Phi) is 6.74. The molecule has 0 radical (unpaired) electrons. The third-order valence-electron chi connectivity index (χ3n) is 7.58. The van der Waals surface area contributed by atoms with E-state index in [0.29, 0.717) is 0 Å². The van der Waals surface area contributed by atoms with Gasteiger partial charge in [0.25, 0.3) is 0 Å². The lowest BCUT2D eigenvalue weighted by molar-refractivity contribution is -0.143. The van der Waals surface area contributed by atoms with Crippen molar-refractivity contribution in [1.82, 2.24) is 0 Å². The van der Waals surface area contributed by atoms with Crippen LogP contribution in [0.1, 0.15) is 35.6 Å². The number of rotatable bonds is 3. The Morgan fingerprint density at radius 3 is 2.12 bits per heavy atom. The van der Waals surface area contributed by atoms with Crippen molar-refractivity contribution in [2.75, 3.05) is 11.5 Å². The van der Waals surface area contributed by atoms with Crippen LogP contribution in [0.25, 0.3) is 0 Å². The maximum atomic E-state index is 14.0. The second-order valence-corrected chi connectivity index (χ2v) is 9.86. The lowest BCUT2D eigenvalue weighted by Crippen LogP contribution is -2.45. The number of phenols is 1. The van der Waals surface area contributed by atoms with Gasteiger partial charge in [0.1, 0.15) is 0 Å². The molecule has 5 rings (SSSR count). The second-order valence-electron chi connectivity index (χ2n) is 9.86. The van der Waals surface area contributed by atoms with E-state index in [1.54, 1.807) is 0 Å². The minimum atomic E-state index is -5.22. The summed E-state index contributed by atoms with van der Waals surface area (Å²) in [7, 11) is -1.72. The predicted molar refractivity (Wildman–Crippen MR) is 123 cm³/mol. The lowest BCUT2D eigenvalue weighted by atomic mass is 9.55. The Labute approximate surface area is 221 Å². The number of halogens is 7. The van der Waals surface area contributed by atoms with Crippen LogP contribution in [0.5, 0.6) is 5.75 Å². The SMILES string of the molecule is O=C1[C@H]2[C@H](CC(CO)=C3B(O)O[C@H](c4ccc(O)c(F)c4)C[C@H]32)C(=O)N1c1cc(C(F)(F)F)cc(C(F)(F)F)c1. The molecule has 0 spiro atoms. The van der Waals surface area contributed by atoms with Gasteiger partial charge in [-0.05, 0) is 65.7 Å². The van der Waals surface area contributed by atoms with Crippen LogP contribution in [0.4, 0.5) is 36.4 Å². The van der Waals surface area contributed by atoms with Crippen molar-refractivity contribution in [3.8, 4) is 5.75 Å². The maximum Gasteiger partial charge on any atom is 0.487 e. The van der Waals surface area contributed by atoms with Crippen molar-refractivity contribution in [2.45, 2.75) is 31.3 Å². The zero-order valence-corrected chi connectivity index (χ0v) is 20.1. The number of carbonyl (C=O) groups is 2. The third-order valence-corrected chi connectivity index (χ3v) is 7.58. The number of aliphatic hydroxyl groups excluding tert-OH is 1. The summed E-state index contributed by atoms with van der Waals surface area (Å²) in [6.45, 7) is -0.669. The Balaban J connectivity index is 1.57. The molecule has 2 saturated heterocycles. The smallest absolute Gasteiger partial charge is 0.487 e. The number of aliphatic hydroxyl groups is 1. The molecule has 1 aliphatic carbocycles. The molecule has 3 N–H and O–H groups in total. The summed E-state index contributed by atoms with van der Waals surface area (Å²) < 4.78 is 100. The second kappa shape index (κ2) is 9.60. The minimum Gasteiger partial charge on any atom is -0.505 e. The molecule has 40 heavy (non-hydrogen) atoms. The van der Waals surface area contributed by atoms with E-state index in [0.717, 1.165) is 12.1 Å². The number of amides is 2. The third kappa shape index (κ3) is 4.65. The first kappa shape index (κ1) is 28.1. The number of imide groups is 1. The van der Waals surface area contributed by atoms with E-state index in [9.17, 15) is 55.6 Å². The number of fused-ring (bicyclic) bond motifs is 3. The summed E-state index contributed by atoms with van der Waals surface area (Å²) in [6.07, 6.45) is -11.9. The number of hydrogen-bond acceptors (Lipinski definition) is 6. The number of allylic oxidation sites excluding steroid dienone is 1. The first-order valence-corrected chi connectivity index (χ1v) is 11.9. The van der Waals surface area contributed by atoms with E-state index in [2.05, 4.69) is 0 Å². The number of phenolic OH excluding ortho intramolecular Hbond substituents is 1. The summed E-state index contributed by atoms with van der Waals surface area (Å²) >= 11 is 0. The first-order chi connectivity index (χ1) is 18.6. The molecular formula is C25H19BF7NO6. The molecular weight excluding hydrogens is 554 g/mol. The zero-order chi connectivity index (χ0) is 29.3. The van der Waals surface area contributed by atoms with E-state index in [1.807, 2.05) is 0 Å². The quantitative estimate of drug-likeness (QED) is 0.289. The summed E-state index contributed by atoms with van der Waals surface area (Å²) in [4.78, 5) is 27.3. The number of nitrogens with zero attached hydrogens (tertiary/aromatic N) is 1. The molecule has 2 amide bonds. The van der Waals surface area contributed by atoms with Crippen LogP contribution in [0.2, 0.25) is 0 Å². The van der Waals surface area contributed by atoms with Crippen LogP contribution < -0.4 is 4.90 Å². The molecule has 4 atom stereocenters. The van der Waals surface area contributed by atoms with Gasteiger partial charge in [0.15, 0.2) is 11.6 Å². The fourth-order valence-electron chi connectivity index (χ4n) is 5.82. The van der Waals surface area contributed by atoms with Gasteiger partial charge in [0.2, 0.25) is 11.8 Å². The highest BCUT2D eigenvalue weighted by atomic mass is 19.4. The summed E-state index contributed by atoms with van der Waals surface area (Å²) in [5.74, 6) is -7.39. The van der Waals surface area contributed by atoms with Gasteiger partial charge < -0.3 is 19.9 Å². The van der Waals surface area contributed by atoms with Gasteiger partial charge in [-0.15, -0.1) is 0 Å². The van der Waals surface area contributed by atoms with E-state index in [-0.39, 0.29) is 52.5 Å². The monoisotopic (exact) mass is 573 g/mol. The standard InChI is InChI=1S/C25H19BF7NO6/c27-17-4-10(1-2-18(17)36)19-8-15-20-16(3-11(9-35)21(15)26(39)40-19)22(37)34(23(20)38)14-6-12(24(28,29)30)5-13(7-14)25(31,32)33/h1-2,4-7,15-16,19-20,35-36,39H,3,8-9H2/t15-,16-,19-,20+/m0/s1. The van der Waals surface area contributed by atoms with Crippen LogP contribution in [0.3, 0.4) is 0 Å². The molecule has 2 aliphatic heterocycles. The van der Waals surface area contributed by atoms with E-state index in [1.165, 1.54) is 6.07 Å². The number of hydrogen-bond donors (Lipinski definition) is 3. The van der Waals surface area contributed by atoms with Crippen molar-refractivity contribution in [3.63, 3.8) is 0 Å². The fraction of sp³-hybridized carbons (Fsp3) is 0.360. The Morgan fingerprint density at radius 2 is 1.57 bits per heavy atom. The predicted octanol–water partition coefficient (Wildman–Crippen LogP) is 4.16. The minimum absolute atomic E-state index is 0.0715. The molecule has 0 unspecified atom stereocenters. The topological polar surface area (TPSA) is 107 Å². The van der Waals surface area contributed by atoms with Gasteiger partial charge in [-0.1, -0.05) is 6.07 Å². The van der Waals surface area contributed by atoms with Crippen molar-refractivity contribution in [3.05, 3.63) is 70.0 Å². The van der Waals surface area contributed by atoms with Gasteiger partial charge in [0.05, 0.1) is 41.4 Å². The maximum absolute atomic E-state index is 14.0.